The number of phosphoric acid groups is 2. The molecule has 0 aromatic rings. The van der Waals surface area contributed by atoms with Crippen molar-refractivity contribution in [1.29, 1.82) is 0 Å². The molecule has 12 heteroatoms. The van der Waals surface area contributed by atoms with Crippen molar-refractivity contribution in [3.8, 4) is 0 Å². The van der Waals surface area contributed by atoms with E-state index >= 15 is 0 Å². The Morgan fingerprint density at radius 2 is 0.917 bits per heavy atom. The van der Waals surface area contributed by atoms with E-state index in [1.54, 1.807) is 0 Å². The predicted octanol–water partition coefficient (Wildman–Crippen LogP) is -4.77. The Hall–Kier alpha value is 2.41. The second-order valence-electron chi connectivity index (χ2n) is 0.938. The Morgan fingerprint density at radius 3 is 0.917 bits per heavy atom. The van der Waals surface area contributed by atoms with Crippen LogP contribution < -0.4 is 19.6 Å². The van der Waals surface area contributed by atoms with Crippen LogP contribution >= 0.6 is 15.6 Å². The fourth-order valence-corrected chi connectivity index (χ4v) is 0. The zero-order chi connectivity index (χ0) is 9.00. The summed E-state index contributed by atoms with van der Waals surface area (Å²) < 4.78 is 17.3. The normalized spacial score (nSPS) is 9.83. The second-order valence-corrected chi connectivity index (χ2v) is 2.81. The number of hydrogen-bond donors (Lipinski definition) is 2. The molecular weight excluding hydrogens is 393 g/mol. The van der Waals surface area contributed by atoms with Crippen molar-refractivity contribution in [1.82, 2.24) is 0 Å². The molecule has 0 aromatic heterocycles. The van der Waals surface area contributed by atoms with Crippen LogP contribution in [0.3, 0.4) is 0 Å². The van der Waals surface area contributed by atoms with E-state index in [9.17, 15) is 0 Å². The summed E-state index contributed by atoms with van der Waals surface area (Å²) >= 11 is 0. The number of rotatable bonds is 0. The molecular formula is H2BaO8P2Zn. The minimum Gasteiger partial charge on any atom is -0.822 e. The first-order chi connectivity index (χ1) is 4.00. The summed E-state index contributed by atoms with van der Waals surface area (Å²) in [6.07, 6.45) is 0. The minimum absolute atomic E-state index is 0. The van der Waals surface area contributed by atoms with E-state index in [0.717, 1.165) is 0 Å². The molecule has 0 bridgehead atoms. The molecule has 2 N–H and O–H groups in total. The van der Waals surface area contributed by atoms with Crippen molar-refractivity contribution < 1.29 is 58.0 Å². The Balaban J connectivity index is -0.0000000457. The van der Waals surface area contributed by atoms with Gasteiger partial charge in [0.1, 0.15) is 0 Å². The maximum Gasteiger partial charge on any atom is 2.00 e. The Morgan fingerprint density at radius 1 is 0.917 bits per heavy atom. The van der Waals surface area contributed by atoms with E-state index in [1.165, 1.54) is 0 Å². The smallest absolute Gasteiger partial charge is 0.822 e. The standard InChI is InChI=1S/Ba.2H3O4P.Zn/c;2*1-5(2,3)4;/h;2*(H3,1,2,3,4);/q+2;;;+2/p-4. The second kappa shape index (κ2) is 9.95. The molecule has 12 heavy (non-hydrogen) atoms. The van der Waals surface area contributed by atoms with E-state index in [-0.39, 0.29) is 68.4 Å². The van der Waals surface area contributed by atoms with Gasteiger partial charge in [-0.3, -0.25) is 4.57 Å². The van der Waals surface area contributed by atoms with Gasteiger partial charge in [-0.05, 0) is 0 Å². The van der Waals surface area contributed by atoms with Crippen LogP contribution in [-0.4, -0.2) is 58.7 Å². The van der Waals surface area contributed by atoms with Crippen LogP contribution in [-0.2, 0) is 28.6 Å². The molecule has 0 radical (unpaired) electrons. The van der Waals surface area contributed by atoms with Gasteiger partial charge >= 0.3 is 68.4 Å². The van der Waals surface area contributed by atoms with Crippen LogP contribution in [0.2, 0.25) is 0 Å². The topological polar surface area (TPSA) is 167 Å². The molecule has 0 saturated carbocycles. The third-order valence-electron chi connectivity index (χ3n) is 0. The van der Waals surface area contributed by atoms with Gasteiger partial charge in [0, 0.05) is 0 Å². The average molecular weight is 395 g/mol. The SMILES string of the molecule is O=P([O-])(O)O.O=P([O-])([O-])[O-].[Ba+2].[Zn+2]. The molecule has 0 aliphatic heterocycles. The van der Waals surface area contributed by atoms with E-state index in [4.69, 9.17) is 38.5 Å². The summed E-state index contributed by atoms with van der Waals surface area (Å²) in [6.45, 7) is 0. The molecule has 0 spiro atoms. The zero-order valence-electron chi connectivity index (χ0n) is 5.65. The van der Waals surface area contributed by atoms with E-state index < -0.39 is 15.6 Å². The van der Waals surface area contributed by atoms with E-state index in [1.807, 2.05) is 0 Å². The van der Waals surface area contributed by atoms with Crippen LogP contribution in [0.25, 0.3) is 0 Å². The Bertz CT molecular complexity index is 129. The molecule has 0 unspecified atom stereocenters. The molecule has 64 valence electrons. The van der Waals surface area contributed by atoms with Crippen LogP contribution in [0, 0.1) is 0 Å². The van der Waals surface area contributed by atoms with Gasteiger partial charge in [0.25, 0.3) is 7.82 Å². The van der Waals surface area contributed by atoms with Crippen LogP contribution in [0.4, 0.5) is 0 Å². The zero-order valence-corrected chi connectivity index (χ0v) is 14.8. The van der Waals surface area contributed by atoms with Crippen LogP contribution in [0.15, 0.2) is 0 Å². The molecule has 0 fully saturated rings. The Labute approximate surface area is 121 Å². The Kier molecular flexibility index (Phi) is 19.8. The molecule has 0 aliphatic rings. The van der Waals surface area contributed by atoms with Crippen LogP contribution in [0.5, 0.6) is 0 Å². The van der Waals surface area contributed by atoms with Crippen molar-refractivity contribution in [3.05, 3.63) is 0 Å². The summed E-state index contributed by atoms with van der Waals surface area (Å²) in [6, 6.07) is 0. The van der Waals surface area contributed by atoms with Gasteiger partial charge in [0.2, 0.25) is 0 Å². The van der Waals surface area contributed by atoms with Crippen molar-refractivity contribution >= 4 is 64.5 Å². The fourth-order valence-electron chi connectivity index (χ4n) is 0. The van der Waals surface area contributed by atoms with Crippen molar-refractivity contribution in [2.24, 2.45) is 0 Å². The summed E-state index contributed by atoms with van der Waals surface area (Å²) in [5, 5.41) is 0. The van der Waals surface area contributed by atoms with Gasteiger partial charge < -0.3 is 33.9 Å². The molecule has 0 rings (SSSR count). The molecule has 0 heterocycles. The third-order valence-corrected chi connectivity index (χ3v) is 0. The van der Waals surface area contributed by atoms with Gasteiger partial charge in [-0.15, -0.1) is 0 Å². The first-order valence-corrected chi connectivity index (χ1v) is 4.49. The van der Waals surface area contributed by atoms with Crippen LogP contribution in [0.1, 0.15) is 0 Å². The van der Waals surface area contributed by atoms with Gasteiger partial charge in [-0.2, -0.15) is 7.82 Å². The van der Waals surface area contributed by atoms with Crippen molar-refractivity contribution in [2.75, 3.05) is 0 Å². The van der Waals surface area contributed by atoms with Gasteiger partial charge in [0.05, 0.1) is 0 Å². The summed E-state index contributed by atoms with van der Waals surface area (Å²) in [4.78, 5) is 48.6. The minimum atomic E-state index is -5.39. The maximum atomic E-state index is 8.77. The summed E-state index contributed by atoms with van der Waals surface area (Å²) in [5.74, 6) is 0. The first-order valence-electron chi connectivity index (χ1n) is 1.50. The van der Waals surface area contributed by atoms with Crippen molar-refractivity contribution in [2.45, 2.75) is 0 Å². The first kappa shape index (κ1) is 23.9. The molecule has 0 aliphatic carbocycles. The van der Waals surface area contributed by atoms with Gasteiger partial charge in [0.15, 0.2) is 0 Å². The largest absolute Gasteiger partial charge is 2.00 e. The van der Waals surface area contributed by atoms with Gasteiger partial charge in [-0.25, -0.2) is 0 Å². The molecule has 8 nitrogen and oxygen atoms in total. The van der Waals surface area contributed by atoms with E-state index in [2.05, 4.69) is 0 Å². The van der Waals surface area contributed by atoms with E-state index in [0.29, 0.717) is 0 Å². The third kappa shape index (κ3) is 277. The summed E-state index contributed by atoms with van der Waals surface area (Å²) in [7, 11) is -10.3. The average Bonchev–Trinajstić information content (AvgIpc) is 1.12. The number of hydrogen-bond acceptors (Lipinski definition) is 6. The van der Waals surface area contributed by atoms with Gasteiger partial charge in [-0.1, -0.05) is 0 Å². The quantitative estimate of drug-likeness (QED) is 0.305. The molecule has 0 atom stereocenters. The molecule has 0 aromatic carbocycles. The fraction of sp³-hybridized carbons (Fsp3) is 0. The summed E-state index contributed by atoms with van der Waals surface area (Å²) in [5.41, 5.74) is 0. The monoisotopic (exact) mass is 394 g/mol. The molecule has 0 saturated heterocycles. The van der Waals surface area contributed by atoms with Crippen molar-refractivity contribution in [3.63, 3.8) is 0 Å². The maximum absolute atomic E-state index is 8.77. The predicted molar refractivity (Wildman–Crippen MR) is 25.4 cm³/mol. The molecule has 0 amide bonds.